The van der Waals surface area contributed by atoms with Crippen molar-refractivity contribution in [3.63, 3.8) is 0 Å². The maximum Gasteiger partial charge on any atom is 0.125 e. The van der Waals surface area contributed by atoms with Gasteiger partial charge >= 0.3 is 0 Å². The number of hydrogen-bond acceptors (Lipinski definition) is 3. The van der Waals surface area contributed by atoms with Gasteiger partial charge in [-0.05, 0) is 24.1 Å². The molecule has 0 spiro atoms. The Labute approximate surface area is 66.1 Å². The predicted octanol–water partition coefficient (Wildman–Crippen LogP) is 0.658. The molecule has 0 fully saturated rings. The molecule has 0 aliphatic carbocycles. The van der Waals surface area contributed by atoms with Crippen LogP contribution < -0.4 is 5.32 Å². The van der Waals surface area contributed by atoms with E-state index >= 15 is 0 Å². The number of rotatable bonds is 3. The van der Waals surface area contributed by atoms with Gasteiger partial charge in [-0.1, -0.05) is 0 Å². The van der Waals surface area contributed by atoms with Gasteiger partial charge in [0.1, 0.15) is 5.82 Å². The van der Waals surface area contributed by atoms with Gasteiger partial charge < -0.3 is 10.4 Å². The number of hydrogen-bond donors (Lipinski definition) is 2. The van der Waals surface area contributed by atoms with Crippen LogP contribution in [0.25, 0.3) is 0 Å². The van der Waals surface area contributed by atoms with Crippen LogP contribution >= 0.6 is 0 Å². The van der Waals surface area contributed by atoms with Crippen LogP contribution in [-0.4, -0.2) is 23.7 Å². The summed E-state index contributed by atoms with van der Waals surface area (Å²) >= 11 is 0. The van der Waals surface area contributed by atoms with Crippen LogP contribution in [0.3, 0.4) is 0 Å². The van der Waals surface area contributed by atoms with Gasteiger partial charge in [0, 0.05) is 19.9 Å². The standard InChI is InChI=1S/C8H12N2O/c1-9-8-6-7(3-5-11)2-4-10-8/h2,4,6,11H,3,5H2,1H3,(H,9,10). The highest BCUT2D eigenvalue weighted by Crippen LogP contribution is 2.05. The van der Waals surface area contributed by atoms with Crippen molar-refractivity contribution in [1.29, 1.82) is 0 Å². The van der Waals surface area contributed by atoms with Crippen LogP contribution in [0.2, 0.25) is 0 Å². The van der Waals surface area contributed by atoms with Crippen molar-refractivity contribution in [2.75, 3.05) is 19.0 Å². The molecule has 3 nitrogen and oxygen atoms in total. The van der Waals surface area contributed by atoms with Crippen molar-refractivity contribution >= 4 is 5.82 Å². The van der Waals surface area contributed by atoms with E-state index in [1.165, 1.54) is 0 Å². The third-order valence-electron chi connectivity index (χ3n) is 1.48. The Bertz CT molecular complexity index is 225. The number of pyridine rings is 1. The van der Waals surface area contributed by atoms with Crippen molar-refractivity contribution in [3.05, 3.63) is 23.9 Å². The number of aliphatic hydroxyl groups is 1. The fraction of sp³-hybridized carbons (Fsp3) is 0.375. The van der Waals surface area contributed by atoms with Gasteiger partial charge in [-0.3, -0.25) is 0 Å². The van der Waals surface area contributed by atoms with Gasteiger partial charge in [-0.15, -0.1) is 0 Å². The van der Waals surface area contributed by atoms with Crippen LogP contribution in [-0.2, 0) is 6.42 Å². The Morgan fingerprint density at radius 2 is 2.45 bits per heavy atom. The first-order valence-electron chi connectivity index (χ1n) is 3.60. The molecular weight excluding hydrogens is 140 g/mol. The molecule has 1 aromatic rings. The molecule has 0 aliphatic rings. The summed E-state index contributed by atoms with van der Waals surface area (Å²) in [4.78, 5) is 4.05. The fourth-order valence-electron chi connectivity index (χ4n) is 0.896. The lowest BCUT2D eigenvalue weighted by Gasteiger charge is -2.00. The molecule has 0 aromatic carbocycles. The lowest BCUT2D eigenvalue weighted by molar-refractivity contribution is 0.299. The lowest BCUT2D eigenvalue weighted by Crippen LogP contribution is -1.95. The van der Waals surface area contributed by atoms with Crippen molar-refractivity contribution in [1.82, 2.24) is 4.98 Å². The van der Waals surface area contributed by atoms with E-state index in [2.05, 4.69) is 10.3 Å². The monoisotopic (exact) mass is 152 g/mol. The molecule has 3 heteroatoms. The Morgan fingerprint density at radius 3 is 3.09 bits per heavy atom. The fourth-order valence-corrected chi connectivity index (χ4v) is 0.896. The summed E-state index contributed by atoms with van der Waals surface area (Å²) in [5, 5.41) is 11.6. The molecule has 1 rings (SSSR count). The highest BCUT2D eigenvalue weighted by Gasteiger charge is 1.93. The Morgan fingerprint density at radius 1 is 1.64 bits per heavy atom. The maximum absolute atomic E-state index is 8.64. The van der Waals surface area contributed by atoms with Gasteiger partial charge in [-0.2, -0.15) is 0 Å². The van der Waals surface area contributed by atoms with Gasteiger partial charge in [0.2, 0.25) is 0 Å². The first-order chi connectivity index (χ1) is 5.36. The molecule has 0 unspecified atom stereocenters. The zero-order chi connectivity index (χ0) is 8.10. The van der Waals surface area contributed by atoms with Gasteiger partial charge in [0.05, 0.1) is 0 Å². The number of anilines is 1. The van der Waals surface area contributed by atoms with Crippen molar-refractivity contribution in [2.24, 2.45) is 0 Å². The first kappa shape index (κ1) is 8.01. The summed E-state index contributed by atoms with van der Waals surface area (Å²) in [6.07, 6.45) is 2.42. The number of nitrogens with zero attached hydrogens (tertiary/aromatic N) is 1. The minimum atomic E-state index is 0.188. The van der Waals surface area contributed by atoms with Crippen molar-refractivity contribution < 1.29 is 5.11 Å². The molecule has 0 bridgehead atoms. The second-order valence-electron chi connectivity index (χ2n) is 2.27. The van der Waals surface area contributed by atoms with Crippen LogP contribution in [0.4, 0.5) is 5.82 Å². The molecule has 0 radical (unpaired) electrons. The lowest BCUT2D eigenvalue weighted by atomic mass is 10.2. The normalized spacial score (nSPS) is 9.64. The van der Waals surface area contributed by atoms with Crippen LogP contribution in [0.5, 0.6) is 0 Å². The Kier molecular flexibility index (Phi) is 2.86. The predicted molar refractivity (Wildman–Crippen MR) is 44.6 cm³/mol. The second kappa shape index (κ2) is 3.93. The van der Waals surface area contributed by atoms with E-state index in [0.29, 0.717) is 6.42 Å². The third kappa shape index (κ3) is 2.20. The SMILES string of the molecule is CNc1cc(CCO)ccn1. The molecule has 1 aromatic heterocycles. The molecular formula is C8H12N2O. The van der Waals surface area contributed by atoms with E-state index in [4.69, 9.17) is 5.11 Å². The van der Waals surface area contributed by atoms with Gasteiger partial charge in [0.25, 0.3) is 0 Å². The molecule has 0 saturated carbocycles. The van der Waals surface area contributed by atoms with Crippen LogP contribution in [0.1, 0.15) is 5.56 Å². The van der Waals surface area contributed by atoms with Crippen molar-refractivity contribution in [2.45, 2.75) is 6.42 Å². The molecule has 0 atom stereocenters. The van der Waals surface area contributed by atoms with Gasteiger partial charge in [0.15, 0.2) is 0 Å². The molecule has 60 valence electrons. The van der Waals surface area contributed by atoms with E-state index in [1.807, 2.05) is 19.2 Å². The Hall–Kier alpha value is -1.09. The average molecular weight is 152 g/mol. The van der Waals surface area contributed by atoms with Crippen molar-refractivity contribution in [3.8, 4) is 0 Å². The number of aromatic nitrogens is 1. The number of aliphatic hydroxyl groups excluding tert-OH is 1. The maximum atomic E-state index is 8.64. The average Bonchev–Trinajstić information content (AvgIpc) is 2.06. The summed E-state index contributed by atoms with van der Waals surface area (Å²) in [6, 6.07) is 3.83. The zero-order valence-corrected chi connectivity index (χ0v) is 6.54. The Balaban J connectivity index is 2.74. The van der Waals surface area contributed by atoms with E-state index in [0.717, 1.165) is 11.4 Å². The molecule has 2 N–H and O–H groups in total. The van der Waals surface area contributed by atoms with E-state index < -0.39 is 0 Å². The van der Waals surface area contributed by atoms with E-state index in [9.17, 15) is 0 Å². The first-order valence-corrected chi connectivity index (χ1v) is 3.60. The molecule has 1 heterocycles. The molecule has 11 heavy (non-hydrogen) atoms. The third-order valence-corrected chi connectivity index (χ3v) is 1.48. The topological polar surface area (TPSA) is 45.1 Å². The summed E-state index contributed by atoms with van der Waals surface area (Å²) in [7, 11) is 1.82. The highest BCUT2D eigenvalue weighted by molar-refractivity contribution is 5.36. The summed E-state index contributed by atoms with van der Waals surface area (Å²) in [6.45, 7) is 0.188. The molecule has 0 saturated heterocycles. The van der Waals surface area contributed by atoms with E-state index in [1.54, 1.807) is 6.20 Å². The minimum absolute atomic E-state index is 0.188. The zero-order valence-electron chi connectivity index (χ0n) is 6.54. The summed E-state index contributed by atoms with van der Waals surface area (Å²) in [5.41, 5.74) is 1.10. The smallest absolute Gasteiger partial charge is 0.125 e. The largest absolute Gasteiger partial charge is 0.396 e. The summed E-state index contributed by atoms with van der Waals surface area (Å²) < 4.78 is 0. The molecule has 0 aliphatic heterocycles. The molecule has 0 amide bonds. The summed E-state index contributed by atoms with van der Waals surface area (Å²) in [5.74, 6) is 0.843. The second-order valence-corrected chi connectivity index (χ2v) is 2.27. The van der Waals surface area contributed by atoms with Gasteiger partial charge in [-0.25, -0.2) is 4.98 Å². The minimum Gasteiger partial charge on any atom is -0.396 e. The quantitative estimate of drug-likeness (QED) is 0.668. The number of nitrogens with one attached hydrogen (secondary N) is 1. The van der Waals surface area contributed by atoms with Crippen LogP contribution in [0.15, 0.2) is 18.3 Å². The van der Waals surface area contributed by atoms with E-state index in [-0.39, 0.29) is 6.61 Å². The van der Waals surface area contributed by atoms with Crippen LogP contribution in [0, 0.1) is 0 Å². The highest BCUT2D eigenvalue weighted by atomic mass is 16.2.